The van der Waals surface area contributed by atoms with Crippen molar-refractivity contribution < 1.29 is 14.6 Å². The molecule has 0 spiro atoms. The van der Waals surface area contributed by atoms with E-state index in [9.17, 15) is 9.90 Å². The highest BCUT2D eigenvalue weighted by Gasteiger charge is 2.10. The molecule has 0 aromatic carbocycles. The van der Waals surface area contributed by atoms with Crippen molar-refractivity contribution in [3.05, 3.63) is 23.8 Å². The lowest BCUT2D eigenvalue weighted by molar-refractivity contribution is -0.162. The topological polar surface area (TPSA) is 46.5 Å². The number of carbonyl (C=O) groups is 1. The Labute approximate surface area is 85.1 Å². The van der Waals surface area contributed by atoms with Crippen LogP contribution in [0.25, 0.3) is 0 Å². The second-order valence-electron chi connectivity index (χ2n) is 2.95. The van der Waals surface area contributed by atoms with Crippen LogP contribution < -0.4 is 0 Å². The van der Waals surface area contributed by atoms with Crippen LogP contribution in [0.4, 0.5) is 0 Å². The van der Waals surface area contributed by atoms with Gasteiger partial charge in [0.25, 0.3) is 0 Å². The van der Waals surface area contributed by atoms with Crippen LogP contribution >= 0.6 is 0 Å². The van der Waals surface area contributed by atoms with Gasteiger partial charge in [-0.1, -0.05) is 25.2 Å². The molecular formula is C11H18O3. The summed E-state index contributed by atoms with van der Waals surface area (Å²) in [6.07, 6.45) is 5.57. The van der Waals surface area contributed by atoms with E-state index in [4.69, 9.17) is 4.74 Å². The Morgan fingerprint density at radius 2 is 2.14 bits per heavy atom. The molecule has 1 N–H and O–H groups in total. The number of ether oxygens (including phenoxy) is 1. The smallest absolute Gasteiger partial charge is 0.335 e. The summed E-state index contributed by atoms with van der Waals surface area (Å²) in [6.45, 7) is 5.40. The first-order chi connectivity index (χ1) is 6.61. The van der Waals surface area contributed by atoms with Crippen molar-refractivity contribution in [2.75, 3.05) is 0 Å². The van der Waals surface area contributed by atoms with Gasteiger partial charge in [-0.2, -0.15) is 0 Å². The monoisotopic (exact) mass is 198 g/mol. The van der Waals surface area contributed by atoms with E-state index >= 15 is 0 Å². The Balaban J connectivity index is 3.88. The summed E-state index contributed by atoms with van der Waals surface area (Å²) in [5, 5.41) is 9.27. The van der Waals surface area contributed by atoms with Gasteiger partial charge in [0, 0.05) is 12.0 Å². The van der Waals surface area contributed by atoms with E-state index in [1.165, 1.54) is 0 Å². The van der Waals surface area contributed by atoms with Gasteiger partial charge in [0.05, 0.1) is 0 Å². The molecule has 0 fully saturated rings. The van der Waals surface area contributed by atoms with Gasteiger partial charge in [0.15, 0.2) is 0 Å². The zero-order chi connectivity index (χ0) is 11.0. The molecule has 14 heavy (non-hydrogen) atoms. The van der Waals surface area contributed by atoms with Gasteiger partial charge in [-0.15, -0.1) is 0 Å². The molecule has 0 amide bonds. The maximum atomic E-state index is 11.1. The first-order valence-electron chi connectivity index (χ1n) is 4.78. The zero-order valence-corrected chi connectivity index (χ0v) is 8.99. The predicted octanol–water partition coefficient (Wildman–Crippen LogP) is 2.17. The molecule has 0 aliphatic carbocycles. The van der Waals surface area contributed by atoms with Gasteiger partial charge in [-0.3, -0.25) is 0 Å². The third kappa shape index (κ3) is 5.54. The minimum absolute atomic E-state index is 0.344. The van der Waals surface area contributed by atoms with Crippen LogP contribution in [-0.2, 0) is 9.53 Å². The molecule has 0 aromatic rings. The van der Waals surface area contributed by atoms with Crippen molar-refractivity contribution >= 4 is 5.97 Å². The highest BCUT2D eigenvalue weighted by Crippen LogP contribution is 2.02. The fraction of sp³-hybridized carbons (Fsp3) is 0.545. The van der Waals surface area contributed by atoms with Crippen molar-refractivity contribution in [2.45, 2.75) is 39.9 Å². The molecule has 0 heterocycles. The minimum Gasteiger partial charge on any atom is -0.432 e. The summed E-state index contributed by atoms with van der Waals surface area (Å²) < 4.78 is 4.75. The lowest BCUT2D eigenvalue weighted by atomic mass is 10.3. The SMILES string of the molecule is C/C=C(\C)C(=O)OC(O)C/C=C\CC. The molecule has 0 saturated carbocycles. The molecule has 0 aliphatic rings. The second-order valence-corrected chi connectivity index (χ2v) is 2.95. The van der Waals surface area contributed by atoms with Crippen LogP contribution in [0.1, 0.15) is 33.6 Å². The quantitative estimate of drug-likeness (QED) is 0.319. The van der Waals surface area contributed by atoms with E-state index < -0.39 is 12.3 Å². The Hall–Kier alpha value is -1.09. The molecule has 0 saturated heterocycles. The Morgan fingerprint density at radius 1 is 1.50 bits per heavy atom. The lowest BCUT2D eigenvalue weighted by Gasteiger charge is -2.09. The molecule has 3 heteroatoms. The fourth-order valence-electron chi connectivity index (χ4n) is 0.762. The molecule has 0 radical (unpaired) electrons. The third-order valence-electron chi connectivity index (χ3n) is 1.74. The largest absolute Gasteiger partial charge is 0.432 e. The number of aliphatic hydroxyl groups is 1. The summed E-state index contributed by atoms with van der Waals surface area (Å²) >= 11 is 0. The number of hydrogen-bond donors (Lipinski definition) is 1. The van der Waals surface area contributed by atoms with Gasteiger partial charge in [-0.05, 0) is 20.3 Å². The van der Waals surface area contributed by atoms with Crippen molar-refractivity contribution in [3.8, 4) is 0 Å². The highest BCUT2D eigenvalue weighted by molar-refractivity contribution is 5.87. The van der Waals surface area contributed by atoms with Crippen LogP contribution in [-0.4, -0.2) is 17.4 Å². The molecule has 0 rings (SSSR count). The Bertz CT molecular complexity index is 229. The van der Waals surface area contributed by atoms with E-state index in [0.29, 0.717) is 12.0 Å². The van der Waals surface area contributed by atoms with E-state index in [0.717, 1.165) is 6.42 Å². The molecule has 0 aliphatic heterocycles. The highest BCUT2D eigenvalue weighted by atomic mass is 16.6. The van der Waals surface area contributed by atoms with Crippen molar-refractivity contribution in [2.24, 2.45) is 0 Å². The number of carbonyl (C=O) groups excluding carboxylic acids is 1. The van der Waals surface area contributed by atoms with E-state index in [-0.39, 0.29) is 0 Å². The minimum atomic E-state index is -1.04. The first kappa shape index (κ1) is 12.9. The van der Waals surface area contributed by atoms with Gasteiger partial charge in [0.1, 0.15) is 0 Å². The van der Waals surface area contributed by atoms with Crippen LogP contribution in [0.3, 0.4) is 0 Å². The molecule has 1 atom stereocenters. The predicted molar refractivity (Wildman–Crippen MR) is 55.6 cm³/mol. The molecule has 0 bridgehead atoms. The zero-order valence-electron chi connectivity index (χ0n) is 8.99. The fourth-order valence-corrected chi connectivity index (χ4v) is 0.762. The van der Waals surface area contributed by atoms with Crippen LogP contribution in [0.15, 0.2) is 23.8 Å². The maximum absolute atomic E-state index is 11.1. The lowest BCUT2D eigenvalue weighted by Crippen LogP contribution is -2.17. The number of aliphatic hydroxyl groups excluding tert-OH is 1. The summed E-state index contributed by atoms with van der Waals surface area (Å²) in [7, 11) is 0. The average Bonchev–Trinajstić information content (AvgIpc) is 2.16. The van der Waals surface area contributed by atoms with Gasteiger partial charge in [-0.25, -0.2) is 4.79 Å². The van der Waals surface area contributed by atoms with Crippen molar-refractivity contribution in [1.82, 2.24) is 0 Å². The van der Waals surface area contributed by atoms with Gasteiger partial charge < -0.3 is 9.84 Å². The number of hydrogen-bond acceptors (Lipinski definition) is 3. The Morgan fingerprint density at radius 3 is 2.64 bits per heavy atom. The van der Waals surface area contributed by atoms with Crippen molar-refractivity contribution in [1.29, 1.82) is 0 Å². The maximum Gasteiger partial charge on any atom is 0.335 e. The van der Waals surface area contributed by atoms with Crippen LogP contribution in [0, 0.1) is 0 Å². The molecule has 3 nitrogen and oxygen atoms in total. The third-order valence-corrected chi connectivity index (χ3v) is 1.74. The molecule has 1 unspecified atom stereocenters. The number of allylic oxidation sites excluding steroid dienone is 2. The van der Waals surface area contributed by atoms with Crippen molar-refractivity contribution in [3.63, 3.8) is 0 Å². The van der Waals surface area contributed by atoms with Gasteiger partial charge in [0.2, 0.25) is 6.29 Å². The van der Waals surface area contributed by atoms with E-state index in [2.05, 4.69) is 0 Å². The molecule has 80 valence electrons. The number of esters is 1. The number of rotatable bonds is 5. The standard InChI is InChI=1S/C11H18O3/c1-4-6-7-8-10(12)14-11(13)9(3)5-2/h5-7,10,12H,4,8H2,1-3H3/b7-6-,9-5+. The molecule has 0 aromatic heterocycles. The average molecular weight is 198 g/mol. The van der Waals surface area contributed by atoms with E-state index in [1.807, 2.05) is 13.0 Å². The Kier molecular flexibility index (Phi) is 6.76. The first-order valence-corrected chi connectivity index (χ1v) is 4.78. The van der Waals surface area contributed by atoms with Crippen LogP contribution in [0.2, 0.25) is 0 Å². The van der Waals surface area contributed by atoms with Gasteiger partial charge >= 0.3 is 5.97 Å². The molecular weight excluding hydrogens is 180 g/mol. The second kappa shape index (κ2) is 7.33. The summed E-state index contributed by atoms with van der Waals surface area (Å²) in [4.78, 5) is 11.1. The normalized spacial score (nSPS) is 14.4. The summed E-state index contributed by atoms with van der Waals surface area (Å²) in [5.41, 5.74) is 0.503. The summed E-state index contributed by atoms with van der Waals surface area (Å²) in [5.74, 6) is -0.468. The van der Waals surface area contributed by atoms with Crippen LogP contribution in [0.5, 0.6) is 0 Å². The van der Waals surface area contributed by atoms with E-state index in [1.54, 1.807) is 26.0 Å². The summed E-state index contributed by atoms with van der Waals surface area (Å²) in [6, 6.07) is 0.